The summed E-state index contributed by atoms with van der Waals surface area (Å²) in [6.07, 6.45) is 1.69. The van der Waals surface area contributed by atoms with Gasteiger partial charge in [-0.25, -0.2) is 4.79 Å². The Balaban J connectivity index is 4.02. The highest BCUT2D eigenvalue weighted by atomic mass is 32.2. The number of nitrogens with one attached hydrogen (secondary N) is 1. The lowest BCUT2D eigenvalue weighted by Crippen LogP contribution is -2.40. The largest absolute Gasteiger partial charge is 0.480 e. The van der Waals surface area contributed by atoms with Crippen molar-refractivity contribution in [1.82, 2.24) is 5.32 Å². The van der Waals surface area contributed by atoms with Crippen LogP contribution in [0.3, 0.4) is 0 Å². The number of amides is 1. The van der Waals surface area contributed by atoms with E-state index in [1.165, 1.54) is 13.2 Å². The van der Waals surface area contributed by atoms with E-state index in [0.717, 1.165) is 0 Å². The zero-order valence-corrected chi connectivity index (χ0v) is 8.39. The average molecular weight is 207 g/mol. The van der Waals surface area contributed by atoms with Gasteiger partial charge in [-0.05, 0) is 6.42 Å². The molecule has 0 aromatic rings. The summed E-state index contributed by atoms with van der Waals surface area (Å²) in [6, 6.07) is -0.929. The Labute approximate surface area is 79.0 Å². The molecule has 1 amide bonds. The zero-order chi connectivity index (χ0) is 10.4. The standard InChI is InChI=1S/C7H13NO4S/c1-5(9)8-6(7(10)11)3-4-13(2)12/h6H,3-4H2,1-2H3,(H,8,9)(H,10,11)/t6-,13+/m1/s1. The fraction of sp³-hybridized carbons (Fsp3) is 0.714. The van der Waals surface area contributed by atoms with Crippen molar-refractivity contribution in [3.8, 4) is 0 Å². The van der Waals surface area contributed by atoms with Crippen molar-refractivity contribution in [2.45, 2.75) is 19.4 Å². The highest BCUT2D eigenvalue weighted by Crippen LogP contribution is 1.94. The predicted molar refractivity (Wildman–Crippen MR) is 48.8 cm³/mol. The van der Waals surface area contributed by atoms with Crippen LogP contribution in [0.25, 0.3) is 0 Å². The molecule has 0 aliphatic heterocycles. The number of rotatable bonds is 5. The molecule has 0 saturated heterocycles. The Hall–Kier alpha value is -0.910. The minimum Gasteiger partial charge on any atom is -0.480 e. The molecule has 2 atom stereocenters. The van der Waals surface area contributed by atoms with Crippen LogP contribution in [0.5, 0.6) is 0 Å². The lowest BCUT2D eigenvalue weighted by Gasteiger charge is -2.11. The minimum atomic E-state index is -1.10. The molecule has 0 spiro atoms. The minimum absolute atomic E-state index is 0.192. The Morgan fingerprint density at radius 1 is 1.54 bits per heavy atom. The van der Waals surface area contributed by atoms with Crippen molar-refractivity contribution in [3.63, 3.8) is 0 Å². The second kappa shape index (κ2) is 5.69. The second-order valence-corrected chi connectivity index (χ2v) is 4.21. The van der Waals surface area contributed by atoms with Crippen LogP contribution in [0.1, 0.15) is 13.3 Å². The van der Waals surface area contributed by atoms with E-state index in [-0.39, 0.29) is 12.2 Å². The zero-order valence-electron chi connectivity index (χ0n) is 7.57. The van der Waals surface area contributed by atoms with Crippen LogP contribution in [0.2, 0.25) is 0 Å². The number of carboxylic acid groups (broad SMARTS) is 1. The monoisotopic (exact) mass is 207 g/mol. The molecule has 0 fully saturated rings. The summed E-state index contributed by atoms with van der Waals surface area (Å²) in [5, 5.41) is 10.9. The molecule has 0 bridgehead atoms. The molecule has 0 aliphatic rings. The van der Waals surface area contributed by atoms with Crippen LogP contribution >= 0.6 is 0 Å². The van der Waals surface area contributed by atoms with Gasteiger partial charge in [0, 0.05) is 29.7 Å². The third-order valence-electron chi connectivity index (χ3n) is 1.37. The molecule has 0 radical (unpaired) electrons. The maximum atomic E-state index is 10.7. The molecule has 13 heavy (non-hydrogen) atoms. The lowest BCUT2D eigenvalue weighted by molar-refractivity contribution is -0.141. The molecule has 0 saturated carbocycles. The second-order valence-electron chi connectivity index (χ2n) is 2.66. The number of hydrogen-bond donors (Lipinski definition) is 2. The van der Waals surface area contributed by atoms with E-state index in [4.69, 9.17) is 5.11 Å². The van der Waals surface area contributed by atoms with Crippen LogP contribution in [0.4, 0.5) is 0 Å². The van der Waals surface area contributed by atoms with Gasteiger partial charge in [0.2, 0.25) is 5.91 Å². The number of carbonyl (C=O) groups is 2. The molecule has 0 aromatic carbocycles. The van der Waals surface area contributed by atoms with E-state index in [1.807, 2.05) is 0 Å². The SMILES string of the molecule is CC(=O)N[C@H](CC[S@](C)=O)C(=O)O. The quantitative estimate of drug-likeness (QED) is 0.627. The van der Waals surface area contributed by atoms with E-state index in [2.05, 4.69) is 5.32 Å². The molecule has 76 valence electrons. The number of carboxylic acids is 1. The molecule has 0 heterocycles. The van der Waals surface area contributed by atoms with Crippen LogP contribution in [0.15, 0.2) is 0 Å². The molecule has 5 nitrogen and oxygen atoms in total. The molecule has 0 rings (SSSR count). The van der Waals surface area contributed by atoms with E-state index in [1.54, 1.807) is 0 Å². The van der Waals surface area contributed by atoms with Gasteiger partial charge in [0.15, 0.2) is 0 Å². The third-order valence-corrected chi connectivity index (χ3v) is 2.18. The Morgan fingerprint density at radius 3 is 2.38 bits per heavy atom. The Kier molecular flexibility index (Phi) is 5.29. The number of carbonyl (C=O) groups excluding carboxylic acids is 1. The van der Waals surface area contributed by atoms with Crippen LogP contribution in [-0.2, 0) is 20.4 Å². The summed E-state index contributed by atoms with van der Waals surface area (Å²) in [5.41, 5.74) is 0. The number of hydrogen-bond acceptors (Lipinski definition) is 3. The van der Waals surface area contributed by atoms with Crippen molar-refractivity contribution in [1.29, 1.82) is 0 Å². The van der Waals surface area contributed by atoms with Gasteiger partial charge in [-0.1, -0.05) is 0 Å². The fourth-order valence-electron chi connectivity index (χ4n) is 0.787. The normalized spacial score (nSPS) is 14.6. The maximum Gasteiger partial charge on any atom is 0.326 e. The van der Waals surface area contributed by atoms with Crippen LogP contribution < -0.4 is 5.32 Å². The summed E-state index contributed by atoms with van der Waals surface area (Å²) in [6.45, 7) is 1.25. The summed E-state index contributed by atoms with van der Waals surface area (Å²) < 4.78 is 10.7. The van der Waals surface area contributed by atoms with Crippen molar-refractivity contribution in [2.24, 2.45) is 0 Å². The van der Waals surface area contributed by atoms with Crippen LogP contribution in [-0.4, -0.2) is 39.2 Å². The summed E-state index contributed by atoms with van der Waals surface area (Å²) in [7, 11) is -1.03. The maximum absolute atomic E-state index is 10.7. The fourth-order valence-corrected chi connectivity index (χ4v) is 1.35. The molecular weight excluding hydrogens is 194 g/mol. The van der Waals surface area contributed by atoms with Crippen molar-refractivity contribution in [2.75, 3.05) is 12.0 Å². The van der Waals surface area contributed by atoms with E-state index in [9.17, 15) is 13.8 Å². The Morgan fingerprint density at radius 2 is 2.08 bits per heavy atom. The lowest BCUT2D eigenvalue weighted by atomic mass is 10.2. The van der Waals surface area contributed by atoms with Gasteiger partial charge in [0.05, 0.1) is 0 Å². The molecule has 0 unspecified atom stereocenters. The molecule has 2 N–H and O–H groups in total. The van der Waals surface area contributed by atoms with Crippen LogP contribution in [0, 0.1) is 0 Å². The third kappa shape index (κ3) is 6.27. The molecular formula is C7H13NO4S. The van der Waals surface area contributed by atoms with Gasteiger partial charge in [-0.2, -0.15) is 0 Å². The smallest absolute Gasteiger partial charge is 0.326 e. The summed E-state index contributed by atoms with van der Waals surface area (Å²) >= 11 is 0. The summed E-state index contributed by atoms with van der Waals surface area (Å²) in [5.74, 6) is -1.22. The first-order valence-electron chi connectivity index (χ1n) is 3.73. The first-order chi connectivity index (χ1) is 5.93. The van der Waals surface area contributed by atoms with Crippen molar-refractivity contribution >= 4 is 22.7 Å². The van der Waals surface area contributed by atoms with Gasteiger partial charge in [-0.15, -0.1) is 0 Å². The average Bonchev–Trinajstić information content (AvgIpc) is 1.96. The number of aliphatic carboxylic acids is 1. The van der Waals surface area contributed by atoms with Gasteiger partial charge in [0.25, 0.3) is 0 Å². The molecule has 6 heteroatoms. The van der Waals surface area contributed by atoms with E-state index in [0.29, 0.717) is 0 Å². The van der Waals surface area contributed by atoms with Gasteiger partial charge in [-0.3, -0.25) is 9.00 Å². The highest BCUT2D eigenvalue weighted by Gasteiger charge is 2.17. The highest BCUT2D eigenvalue weighted by molar-refractivity contribution is 7.84. The topological polar surface area (TPSA) is 83.5 Å². The molecule has 0 aliphatic carbocycles. The first-order valence-corrected chi connectivity index (χ1v) is 5.46. The van der Waals surface area contributed by atoms with Gasteiger partial charge >= 0.3 is 5.97 Å². The predicted octanol–water partition coefficient (Wildman–Crippen LogP) is -0.656. The van der Waals surface area contributed by atoms with Crippen molar-refractivity contribution in [3.05, 3.63) is 0 Å². The Bertz CT molecular complexity index is 229. The van der Waals surface area contributed by atoms with Gasteiger partial charge < -0.3 is 10.4 Å². The van der Waals surface area contributed by atoms with Crippen molar-refractivity contribution < 1.29 is 18.9 Å². The van der Waals surface area contributed by atoms with E-state index < -0.39 is 28.7 Å². The van der Waals surface area contributed by atoms with E-state index >= 15 is 0 Å². The summed E-state index contributed by atoms with van der Waals surface area (Å²) in [4.78, 5) is 21.1. The van der Waals surface area contributed by atoms with Gasteiger partial charge in [0.1, 0.15) is 6.04 Å². The first kappa shape index (κ1) is 12.1. The molecule has 0 aromatic heterocycles.